The highest BCUT2D eigenvalue weighted by molar-refractivity contribution is 5.68. The molecule has 1 unspecified atom stereocenters. The summed E-state index contributed by atoms with van der Waals surface area (Å²) in [5.41, 5.74) is -0.507. The Morgan fingerprint density at radius 2 is 2.05 bits per heavy atom. The van der Waals surface area contributed by atoms with E-state index in [-0.39, 0.29) is 18.7 Å². The van der Waals surface area contributed by atoms with Crippen LogP contribution in [-0.2, 0) is 9.47 Å². The van der Waals surface area contributed by atoms with Gasteiger partial charge in [0.15, 0.2) is 0 Å². The SMILES string of the molecule is COCCCN1CCN(C(=O)OC(C)(C)C)C(CO)C1. The van der Waals surface area contributed by atoms with Crippen LogP contribution in [0.15, 0.2) is 0 Å². The van der Waals surface area contributed by atoms with Gasteiger partial charge >= 0.3 is 6.09 Å². The molecule has 0 aromatic heterocycles. The van der Waals surface area contributed by atoms with Crippen LogP contribution in [0.1, 0.15) is 27.2 Å². The van der Waals surface area contributed by atoms with Crippen molar-refractivity contribution in [3.05, 3.63) is 0 Å². The third kappa shape index (κ3) is 5.64. The summed E-state index contributed by atoms with van der Waals surface area (Å²) >= 11 is 0. The minimum atomic E-state index is -0.507. The number of carbonyl (C=O) groups is 1. The Hall–Kier alpha value is -0.850. The van der Waals surface area contributed by atoms with Gasteiger partial charge in [-0.05, 0) is 27.2 Å². The van der Waals surface area contributed by atoms with Crippen molar-refractivity contribution in [2.24, 2.45) is 0 Å². The fourth-order valence-electron chi connectivity index (χ4n) is 2.27. The molecule has 0 radical (unpaired) electrons. The van der Waals surface area contributed by atoms with E-state index in [0.29, 0.717) is 13.1 Å². The van der Waals surface area contributed by atoms with Crippen LogP contribution in [0.3, 0.4) is 0 Å². The first-order valence-electron chi connectivity index (χ1n) is 7.19. The van der Waals surface area contributed by atoms with Gasteiger partial charge in [-0.15, -0.1) is 0 Å². The summed E-state index contributed by atoms with van der Waals surface area (Å²) in [6.07, 6.45) is 0.620. The molecule has 6 nitrogen and oxygen atoms in total. The molecule has 0 aliphatic carbocycles. The number of aliphatic hydroxyl groups is 1. The van der Waals surface area contributed by atoms with Crippen LogP contribution in [0, 0.1) is 0 Å². The monoisotopic (exact) mass is 288 g/mol. The van der Waals surface area contributed by atoms with E-state index in [2.05, 4.69) is 4.90 Å². The van der Waals surface area contributed by atoms with Crippen LogP contribution in [0.25, 0.3) is 0 Å². The van der Waals surface area contributed by atoms with Gasteiger partial charge in [0.1, 0.15) is 5.60 Å². The number of nitrogens with zero attached hydrogens (tertiary/aromatic N) is 2. The van der Waals surface area contributed by atoms with E-state index in [9.17, 15) is 9.90 Å². The number of hydrogen-bond acceptors (Lipinski definition) is 5. The number of amides is 1. The molecule has 1 atom stereocenters. The van der Waals surface area contributed by atoms with Crippen LogP contribution in [0.5, 0.6) is 0 Å². The molecule has 1 rings (SSSR count). The Labute approximate surface area is 121 Å². The van der Waals surface area contributed by atoms with E-state index in [4.69, 9.17) is 9.47 Å². The van der Waals surface area contributed by atoms with E-state index in [1.165, 1.54) is 0 Å². The van der Waals surface area contributed by atoms with E-state index in [1.54, 1.807) is 12.0 Å². The molecule has 1 fully saturated rings. The van der Waals surface area contributed by atoms with Gasteiger partial charge in [0.25, 0.3) is 0 Å². The highest BCUT2D eigenvalue weighted by atomic mass is 16.6. The smallest absolute Gasteiger partial charge is 0.410 e. The first-order chi connectivity index (χ1) is 9.37. The zero-order valence-electron chi connectivity index (χ0n) is 13.1. The average Bonchev–Trinajstić information content (AvgIpc) is 2.36. The zero-order valence-corrected chi connectivity index (χ0v) is 13.1. The lowest BCUT2D eigenvalue weighted by Gasteiger charge is -2.41. The number of hydrogen-bond donors (Lipinski definition) is 1. The second-order valence-corrected chi connectivity index (χ2v) is 6.16. The maximum absolute atomic E-state index is 12.1. The van der Waals surface area contributed by atoms with Crippen LogP contribution >= 0.6 is 0 Å². The zero-order chi connectivity index (χ0) is 15.2. The molecule has 118 valence electrons. The van der Waals surface area contributed by atoms with Crippen molar-refractivity contribution in [1.29, 1.82) is 0 Å². The van der Waals surface area contributed by atoms with Gasteiger partial charge in [-0.2, -0.15) is 0 Å². The second-order valence-electron chi connectivity index (χ2n) is 6.16. The van der Waals surface area contributed by atoms with Gasteiger partial charge in [0.2, 0.25) is 0 Å². The standard InChI is InChI=1S/C14H28N2O4/c1-14(2,3)20-13(18)16-8-7-15(6-5-9-19-4)10-12(16)11-17/h12,17H,5-11H2,1-4H3. The Bertz CT molecular complexity index is 304. The van der Waals surface area contributed by atoms with Crippen molar-refractivity contribution >= 4 is 6.09 Å². The van der Waals surface area contributed by atoms with Crippen molar-refractivity contribution < 1.29 is 19.4 Å². The lowest BCUT2D eigenvalue weighted by molar-refractivity contribution is -0.0123. The van der Waals surface area contributed by atoms with E-state index in [0.717, 1.165) is 26.1 Å². The lowest BCUT2D eigenvalue weighted by atomic mass is 10.1. The molecular weight excluding hydrogens is 260 g/mol. The van der Waals surface area contributed by atoms with Crippen LogP contribution in [0.4, 0.5) is 4.79 Å². The molecule has 20 heavy (non-hydrogen) atoms. The lowest BCUT2D eigenvalue weighted by Crippen LogP contribution is -2.57. The summed E-state index contributed by atoms with van der Waals surface area (Å²) in [7, 11) is 1.69. The summed E-state index contributed by atoms with van der Waals surface area (Å²) in [4.78, 5) is 16.0. The topological polar surface area (TPSA) is 62.2 Å². The van der Waals surface area contributed by atoms with Gasteiger partial charge in [0.05, 0.1) is 12.6 Å². The summed E-state index contributed by atoms with van der Waals surface area (Å²) < 4.78 is 10.4. The average molecular weight is 288 g/mol. The highest BCUT2D eigenvalue weighted by Crippen LogP contribution is 2.15. The van der Waals surface area contributed by atoms with Crippen molar-refractivity contribution in [2.75, 3.05) is 46.5 Å². The predicted octanol–water partition coefficient (Wildman–Crippen LogP) is 0.936. The number of aliphatic hydroxyl groups excluding tert-OH is 1. The molecule has 0 aromatic rings. The normalized spacial score (nSPS) is 21.1. The number of carbonyl (C=O) groups excluding carboxylic acids is 1. The summed E-state index contributed by atoms with van der Waals surface area (Å²) in [6, 6.07) is -0.193. The van der Waals surface area contributed by atoms with Crippen molar-refractivity contribution in [3.8, 4) is 0 Å². The minimum Gasteiger partial charge on any atom is -0.444 e. The molecular formula is C14H28N2O4. The Morgan fingerprint density at radius 1 is 1.35 bits per heavy atom. The Kier molecular flexibility index (Phi) is 6.71. The largest absolute Gasteiger partial charge is 0.444 e. The maximum atomic E-state index is 12.1. The van der Waals surface area contributed by atoms with Gasteiger partial charge in [0, 0.05) is 39.9 Å². The molecule has 0 saturated carbocycles. The number of piperazine rings is 1. The third-order valence-corrected chi connectivity index (χ3v) is 3.23. The molecule has 0 bridgehead atoms. The molecule has 1 saturated heterocycles. The quantitative estimate of drug-likeness (QED) is 0.763. The van der Waals surface area contributed by atoms with E-state index < -0.39 is 5.60 Å². The van der Waals surface area contributed by atoms with Crippen LogP contribution in [0.2, 0.25) is 0 Å². The summed E-state index contributed by atoms with van der Waals surface area (Å²) in [5.74, 6) is 0. The van der Waals surface area contributed by atoms with Gasteiger partial charge in [-0.1, -0.05) is 0 Å². The molecule has 1 amide bonds. The molecule has 1 aliphatic heterocycles. The predicted molar refractivity (Wildman–Crippen MR) is 76.7 cm³/mol. The molecule has 1 N–H and O–H groups in total. The first kappa shape index (κ1) is 17.2. The molecule has 0 spiro atoms. The van der Waals surface area contributed by atoms with E-state index >= 15 is 0 Å². The fourth-order valence-corrected chi connectivity index (χ4v) is 2.27. The molecule has 1 heterocycles. The second kappa shape index (κ2) is 7.81. The van der Waals surface area contributed by atoms with Crippen LogP contribution < -0.4 is 0 Å². The third-order valence-electron chi connectivity index (χ3n) is 3.23. The first-order valence-corrected chi connectivity index (χ1v) is 7.19. The van der Waals surface area contributed by atoms with Crippen LogP contribution in [-0.4, -0.2) is 79.1 Å². The Balaban J connectivity index is 2.49. The molecule has 6 heteroatoms. The van der Waals surface area contributed by atoms with Gasteiger partial charge in [-0.25, -0.2) is 4.79 Å². The number of rotatable bonds is 5. The number of ether oxygens (including phenoxy) is 2. The number of methoxy groups -OCH3 is 1. The minimum absolute atomic E-state index is 0.0416. The van der Waals surface area contributed by atoms with E-state index in [1.807, 2.05) is 20.8 Å². The highest BCUT2D eigenvalue weighted by Gasteiger charge is 2.32. The van der Waals surface area contributed by atoms with Crippen molar-refractivity contribution in [1.82, 2.24) is 9.80 Å². The van der Waals surface area contributed by atoms with Crippen molar-refractivity contribution in [2.45, 2.75) is 38.8 Å². The summed E-state index contributed by atoms with van der Waals surface area (Å²) in [5, 5.41) is 9.50. The Morgan fingerprint density at radius 3 is 2.60 bits per heavy atom. The van der Waals surface area contributed by atoms with Gasteiger partial charge in [-0.3, -0.25) is 4.90 Å². The van der Waals surface area contributed by atoms with Crippen molar-refractivity contribution in [3.63, 3.8) is 0 Å². The molecule has 0 aromatic carbocycles. The maximum Gasteiger partial charge on any atom is 0.410 e. The van der Waals surface area contributed by atoms with Gasteiger partial charge < -0.3 is 19.5 Å². The fraction of sp³-hybridized carbons (Fsp3) is 0.929. The summed E-state index contributed by atoms with van der Waals surface area (Å²) in [6.45, 7) is 9.23. The molecule has 1 aliphatic rings.